The van der Waals surface area contributed by atoms with E-state index in [1.54, 1.807) is 6.07 Å². The number of rotatable bonds is 2. The Hall–Kier alpha value is -1.42. The van der Waals surface area contributed by atoms with Gasteiger partial charge in [-0.05, 0) is 23.5 Å². The van der Waals surface area contributed by atoms with E-state index in [1.807, 2.05) is 6.07 Å². The van der Waals surface area contributed by atoms with E-state index in [9.17, 15) is 4.79 Å². The highest BCUT2D eigenvalue weighted by molar-refractivity contribution is 5.85. The SMILES string of the molecule is CC(C)(C)CC1Cc2nc(C(=O)O)ccc2CN1. The van der Waals surface area contributed by atoms with Gasteiger partial charge in [-0.15, -0.1) is 0 Å². The Morgan fingerprint density at radius 2 is 2.22 bits per heavy atom. The molecule has 2 rings (SSSR count). The first-order valence-corrected chi connectivity index (χ1v) is 6.31. The molecule has 1 aromatic heterocycles. The summed E-state index contributed by atoms with van der Waals surface area (Å²) in [6.07, 6.45) is 1.87. The average Bonchev–Trinajstić information content (AvgIpc) is 2.25. The van der Waals surface area contributed by atoms with Gasteiger partial charge in [0.2, 0.25) is 0 Å². The van der Waals surface area contributed by atoms with Crippen LogP contribution in [0.1, 0.15) is 48.9 Å². The summed E-state index contributed by atoms with van der Waals surface area (Å²) < 4.78 is 0. The van der Waals surface area contributed by atoms with Gasteiger partial charge in [0.25, 0.3) is 0 Å². The van der Waals surface area contributed by atoms with Crippen molar-refractivity contribution in [2.24, 2.45) is 5.41 Å². The van der Waals surface area contributed by atoms with E-state index in [4.69, 9.17) is 5.11 Å². The van der Waals surface area contributed by atoms with E-state index in [-0.39, 0.29) is 11.1 Å². The minimum atomic E-state index is -0.955. The van der Waals surface area contributed by atoms with Crippen molar-refractivity contribution in [3.05, 3.63) is 29.1 Å². The highest BCUT2D eigenvalue weighted by Gasteiger charge is 2.24. The van der Waals surface area contributed by atoms with E-state index in [2.05, 4.69) is 31.1 Å². The van der Waals surface area contributed by atoms with Gasteiger partial charge < -0.3 is 10.4 Å². The first kappa shape index (κ1) is 13.0. The van der Waals surface area contributed by atoms with Crippen molar-refractivity contribution < 1.29 is 9.90 Å². The standard InChI is InChI=1S/C14H20N2O2/c1-14(2,3)7-10-6-12-9(8-15-10)4-5-11(16-12)13(17)18/h4-5,10,15H,6-8H2,1-3H3,(H,17,18). The lowest BCUT2D eigenvalue weighted by atomic mass is 9.84. The Morgan fingerprint density at radius 3 is 2.83 bits per heavy atom. The van der Waals surface area contributed by atoms with Crippen molar-refractivity contribution in [2.45, 2.75) is 46.2 Å². The van der Waals surface area contributed by atoms with Gasteiger partial charge in [-0.2, -0.15) is 0 Å². The topological polar surface area (TPSA) is 62.2 Å². The van der Waals surface area contributed by atoms with Gasteiger partial charge in [-0.1, -0.05) is 26.8 Å². The molecule has 4 heteroatoms. The number of carboxylic acid groups (broad SMARTS) is 1. The molecular formula is C14H20N2O2. The lowest BCUT2D eigenvalue weighted by molar-refractivity contribution is 0.0690. The number of aromatic carboxylic acids is 1. The molecule has 1 aliphatic rings. The van der Waals surface area contributed by atoms with Gasteiger partial charge >= 0.3 is 5.97 Å². The second kappa shape index (κ2) is 4.69. The van der Waals surface area contributed by atoms with E-state index in [0.717, 1.165) is 30.6 Å². The zero-order chi connectivity index (χ0) is 13.3. The van der Waals surface area contributed by atoms with Gasteiger partial charge in [-0.3, -0.25) is 0 Å². The molecule has 0 amide bonds. The third-order valence-corrected chi connectivity index (χ3v) is 3.17. The molecule has 1 aromatic rings. The molecule has 1 atom stereocenters. The number of hydrogen-bond donors (Lipinski definition) is 2. The third kappa shape index (κ3) is 3.07. The van der Waals surface area contributed by atoms with Crippen molar-refractivity contribution >= 4 is 5.97 Å². The summed E-state index contributed by atoms with van der Waals surface area (Å²) in [5.41, 5.74) is 2.46. The van der Waals surface area contributed by atoms with E-state index < -0.39 is 5.97 Å². The molecule has 1 unspecified atom stereocenters. The summed E-state index contributed by atoms with van der Waals surface area (Å²) in [5.74, 6) is -0.955. The van der Waals surface area contributed by atoms with Crippen LogP contribution in [0.5, 0.6) is 0 Å². The molecule has 0 radical (unpaired) electrons. The Kier molecular flexibility index (Phi) is 3.39. The summed E-state index contributed by atoms with van der Waals surface area (Å²) in [6, 6.07) is 3.83. The van der Waals surface area contributed by atoms with Crippen LogP contribution in [0.2, 0.25) is 0 Å². The number of carbonyl (C=O) groups is 1. The third-order valence-electron chi connectivity index (χ3n) is 3.17. The number of fused-ring (bicyclic) bond motifs is 1. The quantitative estimate of drug-likeness (QED) is 0.842. The van der Waals surface area contributed by atoms with Crippen molar-refractivity contribution in [3.8, 4) is 0 Å². The molecule has 1 aliphatic heterocycles. The first-order chi connectivity index (χ1) is 8.35. The van der Waals surface area contributed by atoms with Crippen LogP contribution in [-0.4, -0.2) is 22.1 Å². The van der Waals surface area contributed by atoms with Crippen LogP contribution in [0.4, 0.5) is 0 Å². The fourth-order valence-electron chi connectivity index (χ4n) is 2.43. The molecule has 2 heterocycles. The van der Waals surface area contributed by atoms with Crippen LogP contribution in [0.3, 0.4) is 0 Å². The average molecular weight is 248 g/mol. The molecule has 0 fully saturated rings. The molecule has 0 saturated carbocycles. The molecule has 0 bridgehead atoms. The Morgan fingerprint density at radius 1 is 1.50 bits per heavy atom. The minimum absolute atomic E-state index is 0.144. The van der Waals surface area contributed by atoms with Crippen LogP contribution in [0, 0.1) is 5.41 Å². The largest absolute Gasteiger partial charge is 0.477 e. The zero-order valence-corrected chi connectivity index (χ0v) is 11.2. The lowest BCUT2D eigenvalue weighted by Gasteiger charge is -2.30. The van der Waals surface area contributed by atoms with Crippen LogP contribution in [0.15, 0.2) is 12.1 Å². The van der Waals surface area contributed by atoms with Crippen molar-refractivity contribution in [3.63, 3.8) is 0 Å². The number of pyridine rings is 1. The Balaban J connectivity index is 2.17. The van der Waals surface area contributed by atoms with Gasteiger partial charge in [0.05, 0.1) is 0 Å². The van der Waals surface area contributed by atoms with Crippen LogP contribution in [0.25, 0.3) is 0 Å². The summed E-state index contributed by atoms with van der Waals surface area (Å²) in [4.78, 5) is 15.2. The summed E-state index contributed by atoms with van der Waals surface area (Å²) in [5, 5.41) is 12.5. The monoisotopic (exact) mass is 248 g/mol. The fourth-order valence-corrected chi connectivity index (χ4v) is 2.43. The maximum atomic E-state index is 10.9. The second-order valence-electron chi connectivity index (χ2n) is 6.15. The number of hydrogen-bond acceptors (Lipinski definition) is 3. The number of nitrogens with one attached hydrogen (secondary N) is 1. The summed E-state index contributed by atoms with van der Waals surface area (Å²) >= 11 is 0. The van der Waals surface area contributed by atoms with Gasteiger partial charge in [0.15, 0.2) is 0 Å². The van der Waals surface area contributed by atoms with Gasteiger partial charge in [0.1, 0.15) is 5.69 Å². The first-order valence-electron chi connectivity index (χ1n) is 6.31. The minimum Gasteiger partial charge on any atom is -0.477 e. The number of carboxylic acids is 1. The smallest absolute Gasteiger partial charge is 0.354 e. The maximum Gasteiger partial charge on any atom is 0.354 e. The Labute approximate surface area is 107 Å². The zero-order valence-electron chi connectivity index (χ0n) is 11.2. The molecule has 0 spiro atoms. The highest BCUT2D eigenvalue weighted by Crippen LogP contribution is 2.25. The molecule has 0 saturated heterocycles. The molecule has 0 aliphatic carbocycles. The predicted octanol–water partition coefficient (Wildman–Crippen LogP) is 2.23. The van der Waals surface area contributed by atoms with Gasteiger partial charge in [0, 0.05) is 24.7 Å². The van der Waals surface area contributed by atoms with E-state index in [0.29, 0.717) is 6.04 Å². The molecule has 2 N–H and O–H groups in total. The van der Waals surface area contributed by atoms with Gasteiger partial charge in [-0.25, -0.2) is 9.78 Å². The lowest BCUT2D eigenvalue weighted by Crippen LogP contribution is -2.38. The van der Waals surface area contributed by atoms with Crippen molar-refractivity contribution in [1.82, 2.24) is 10.3 Å². The maximum absolute atomic E-state index is 10.9. The molecule has 4 nitrogen and oxygen atoms in total. The second-order valence-corrected chi connectivity index (χ2v) is 6.15. The summed E-state index contributed by atoms with van der Waals surface area (Å²) in [6.45, 7) is 7.42. The number of nitrogens with zero attached hydrogens (tertiary/aromatic N) is 1. The van der Waals surface area contributed by atoms with Crippen LogP contribution < -0.4 is 5.32 Å². The molecule has 0 aromatic carbocycles. The normalized spacial score (nSPS) is 19.4. The summed E-state index contributed by atoms with van der Waals surface area (Å²) in [7, 11) is 0. The van der Waals surface area contributed by atoms with Crippen LogP contribution in [-0.2, 0) is 13.0 Å². The molecular weight excluding hydrogens is 228 g/mol. The van der Waals surface area contributed by atoms with E-state index >= 15 is 0 Å². The molecule has 98 valence electrons. The molecule has 18 heavy (non-hydrogen) atoms. The van der Waals surface area contributed by atoms with Crippen LogP contribution >= 0.6 is 0 Å². The van der Waals surface area contributed by atoms with Crippen molar-refractivity contribution in [2.75, 3.05) is 0 Å². The van der Waals surface area contributed by atoms with E-state index in [1.165, 1.54) is 0 Å². The predicted molar refractivity (Wildman–Crippen MR) is 69.6 cm³/mol. The fraction of sp³-hybridized carbons (Fsp3) is 0.571. The highest BCUT2D eigenvalue weighted by atomic mass is 16.4. The number of aromatic nitrogens is 1. The Bertz CT molecular complexity index is 463. The van der Waals surface area contributed by atoms with Crippen molar-refractivity contribution in [1.29, 1.82) is 0 Å².